The minimum Gasteiger partial charge on any atom is -0.395 e. The van der Waals surface area contributed by atoms with E-state index in [2.05, 4.69) is 12.6 Å². The molecule has 0 unspecified atom stereocenters. The number of hydrogen-bond acceptors (Lipinski definition) is 5. The van der Waals surface area contributed by atoms with Crippen molar-refractivity contribution in [3.63, 3.8) is 0 Å². The normalized spacial score (nSPS) is 11.4. The molecule has 1 aromatic carbocycles. The molecule has 0 aliphatic rings. The zero-order chi connectivity index (χ0) is 12.9. The Hall–Kier alpha value is -0.850. The molecule has 4 nitrogen and oxygen atoms in total. The minimum atomic E-state index is -3.46. The smallest absolute Gasteiger partial charge is 0.180 e. The number of Topliss-reactive ketones (excluding diaryl/α,β-unsaturated/α-hetero) is 1. The molecule has 0 aliphatic carbocycles. The number of hydrogen-bond donors (Lipinski definition) is 2. The maximum atomic E-state index is 11.7. The Kier molecular flexibility index (Phi) is 5.17. The highest BCUT2D eigenvalue weighted by Crippen LogP contribution is 2.14. The van der Waals surface area contributed by atoms with Crippen LogP contribution in [0.4, 0.5) is 0 Å². The summed E-state index contributed by atoms with van der Waals surface area (Å²) in [5.74, 6) is -0.241. The summed E-state index contributed by atoms with van der Waals surface area (Å²) in [7, 11) is -3.46. The van der Waals surface area contributed by atoms with Crippen molar-refractivity contribution in [1.82, 2.24) is 0 Å². The standard InChI is InChI=1S/C11H14O4S2/c12-4-5-17(14,15)11-3-1-2-9(7-11)6-10(13)8-16/h1-3,7,12,16H,4-6,8H2. The first-order valence-corrected chi connectivity index (χ1v) is 7.33. The van der Waals surface area contributed by atoms with Gasteiger partial charge in [0.1, 0.15) is 5.78 Å². The summed E-state index contributed by atoms with van der Waals surface area (Å²) in [6, 6.07) is 6.21. The third-order valence-corrected chi connectivity index (χ3v) is 4.24. The van der Waals surface area contributed by atoms with Crippen LogP contribution in [0, 0.1) is 0 Å². The van der Waals surface area contributed by atoms with E-state index in [1.54, 1.807) is 12.1 Å². The first kappa shape index (κ1) is 14.2. The topological polar surface area (TPSA) is 71.4 Å². The molecule has 0 aliphatic heterocycles. The second kappa shape index (κ2) is 6.18. The molecule has 0 aromatic heterocycles. The average Bonchev–Trinajstić information content (AvgIpc) is 2.29. The number of rotatable bonds is 6. The predicted octanol–water partition coefficient (Wildman–Crippen LogP) is 0.494. The van der Waals surface area contributed by atoms with Crippen LogP contribution >= 0.6 is 12.6 Å². The molecule has 0 heterocycles. The summed E-state index contributed by atoms with van der Waals surface area (Å²) in [6.45, 7) is -0.415. The van der Waals surface area contributed by atoms with Crippen LogP contribution < -0.4 is 0 Å². The number of carbonyl (C=O) groups excluding carboxylic acids is 1. The van der Waals surface area contributed by atoms with Crippen molar-refractivity contribution in [3.8, 4) is 0 Å². The van der Waals surface area contributed by atoms with Gasteiger partial charge in [0.15, 0.2) is 9.84 Å². The maximum Gasteiger partial charge on any atom is 0.180 e. The Labute approximate surface area is 106 Å². The van der Waals surface area contributed by atoms with Crippen LogP contribution in [0.3, 0.4) is 0 Å². The fourth-order valence-corrected chi connectivity index (χ4v) is 2.58. The average molecular weight is 274 g/mol. The Morgan fingerprint density at radius 1 is 1.35 bits per heavy atom. The van der Waals surface area contributed by atoms with Crippen LogP contribution in [-0.4, -0.2) is 37.4 Å². The number of thiol groups is 1. The molecule has 1 aromatic rings. The Balaban J connectivity index is 2.97. The summed E-state index contributed by atoms with van der Waals surface area (Å²) in [4.78, 5) is 11.3. The van der Waals surface area contributed by atoms with Crippen molar-refractivity contribution < 1.29 is 18.3 Å². The molecule has 0 radical (unpaired) electrons. The maximum absolute atomic E-state index is 11.7. The van der Waals surface area contributed by atoms with Crippen LogP contribution in [0.5, 0.6) is 0 Å². The lowest BCUT2D eigenvalue weighted by Gasteiger charge is -2.05. The van der Waals surface area contributed by atoms with Gasteiger partial charge < -0.3 is 5.11 Å². The highest BCUT2D eigenvalue weighted by atomic mass is 32.2. The highest BCUT2D eigenvalue weighted by Gasteiger charge is 2.14. The number of aliphatic hydroxyl groups is 1. The van der Waals surface area contributed by atoms with Crippen molar-refractivity contribution in [2.45, 2.75) is 11.3 Å². The molecule has 0 saturated heterocycles. The Morgan fingerprint density at radius 3 is 2.65 bits per heavy atom. The van der Waals surface area contributed by atoms with Gasteiger partial charge in [0.25, 0.3) is 0 Å². The Bertz CT molecular complexity index is 494. The van der Waals surface area contributed by atoms with Crippen molar-refractivity contribution in [3.05, 3.63) is 29.8 Å². The van der Waals surface area contributed by atoms with Crippen molar-refractivity contribution in [2.75, 3.05) is 18.1 Å². The quantitative estimate of drug-likeness (QED) is 0.741. The molecule has 0 fully saturated rings. The number of sulfone groups is 1. The summed E-state index contributed by atoms with van der Waals surface area (Å²) in [5.41, 5.74) is 0.642. The van der Waals surface area contributed by atoms with E-state index < -0.39 is 16.4 Å². The fourth-order valence-electron chi connectivity index (χ4n) is 1.37. The van der Waals surface area contributed by atoms with Gasteiger partial charge in [-0.2, -0.15) is 12.6 Å². The van der Waals surface area contributed by atoms with E-state index in [1.165, 1.54) is 12.1 Å². The molecule has 17 heavy (non-hydrogen) atoms. The van der Waals surface area contributed by atoms with Crippen molar-refractivity contribution in [2.24, 2.45) is 0 Å². The van der Waals surface area contributed by atoms with Gasteiger partial charge in [-0.25, -0.2) is 8.42 Å². The van der Waals surface area contributed by atoms with E-state index in [-0.39, 0.29) is 28.6 Å². The number of ketones is 1. The molecular weight excluding hydrogens is 260 g/mol. The summed E-state index contributed by atoms with van der Waals surface area (Å²) in [5, 5.41) is 8.67. The minimum absolute atomic E-state index is 0.0648. The summed E-state index contributed by atoms with van der Waals surface area (Å²) in [6.07, 6.45) is 0.173. The molecule has 94 valence electrons. The first-order valence-electron chi connectivity index (χ1n) is 5.04. The summed E-state index contributed by atoms with van der Waals surface area (Å²) < 4.78 is 23.4. The van der Waals surface area contributed by atoms with Crippen LogP contribution in [0.25, 0.3) is 0 Å². The van der Waals surface area contributed by atoms with Gasteiger partial charge in [0, 0.05) is 12.2 Å². The zero-order valence-corrected chi connectivity index (χ0v) is 10.9. The van der Waals surface area contributed by atoms with E-state index in [9.17, 15) is 13.2 Å². The molecule has 6 heteroatoms. The second-order valence-electron chi connectivity index (χ2n) is 3.56. The largest absolute Gasteiger partial charge is 0.395 e. The van der Waals surface area contributed by atoms with Crippen LogP contribution in [-0.2, 0) is 21.1 Å². The number of benzene rings is 1. The van der Waals surface area contributed by atoms with E-state index in [0.29, 0.717) is 5.56 Å². The monoisotopic (exact) mass is 274 g/mol. The molecule has 0 spiro atoms. The second-order valence-corrected chi connectivity index (χ2v) is 5.99. The third-order valence-electron chi connectivity index (χ3n) is 2.20. The lowest BCUT2D eigenvalue weighted by molar-refractivity contribution is -0.115. The van der Waals surface area contributed by atoms with Crippen LogP contribution in [0.15, 0.2) is 29.2 Å². The van der Waals surface area contributed by atoms with Gasteiger partial charge in [-0.15, -0.1) is 0 Å². The van der Waals surface area contributed by atoms with Gasteiger partial charge in [-0.3, -0.25) is 4.79 Å². The van der Waals surface area contributed by atoms with Gasteiger partial charge in [0.2, 0.25) is 0 Å². The molecule has 0 bridgehead atoms. The fraction of sp³-hybridized carbons (Fsp3) is 0.364. The highest BCUT2D eigenvalue weighted by molar-refractivity contribution is 7.91. The van der Waals surface area contributed by atoms with E-state index in [1.807, 2.05) is 0 Å². The van der Waals surface area contributed by atoms with E-state index >= 15 is 0 Å². The molecule has 0 amide bonds. The third kappa shape index (κ3) is 4.14. The van der Waals surface area contributed by atoms with Crippen molar-refractivity contribution in [1.29, 1.82) is 0 Å². The first-order chi connectivity index (χ1) is 7.99. The van der Waals surface area contributed by atoms with Gasteiger partial charge in [-0.1, -0.05) is 12.1 Å². The van der Waals surface area contributed by atoms with Crippen LogP contribution in [0.2, 0.25) is 0 Å². The number of aliphatic hydroxyl groups excluding tert-OH is 1. The van der Waals surface area contributed by atoms with E-state index in [4.69, 9.17) is 5.11 Å². The SMILES string of the molecule is O=C(CS)Cc1cccc(S(=O)(=O)CCO)c1. The Morgan fingerprint density at radius 2 is 2.06 bits per heavy atom. The molecule has 1 N–H and O–H groups in total. The summed E-state index contributed by atoms with van der Waals surface area (Å²) >= 11 is 3.86. The van der Waals surface area contributed by atoms with Crippen LogP contribution in [0.1, 0.15) is 5.56 Å². The van der Waals surface area contributed by atoms with E-state index in [0.717, 1.165) is 0 Å². The predicted molar refractivity (Wildman–Crippen MR) is 68.1 cm³/mol. The van der Waals surface area contributed by atoms with Gasteiger partial charge in [0.05, 0.1) is 17.3 Å². The van der Waals surface area contributed by atoms with Crippen molar-refractivity contribution >= 4 is 28.2 Å². The molecule has 1 rings (SSSR count). The molecule has 0 atom stereocenters. The lowest BCUT2D eigenvalue weighted by atomic mass is 10.1. The van der Waals surface area contributed by atoms with Gasteiger partial charge in [-0.05, 0) is 17.7 Å². The zero-order valence-electron chi connectivity index (χ0n) is 9.17. The lowest BCUT2D eigenvalue weighted by Crippen LogP contribution is -2.11. The molecular formula is C11H14O4S2. The molecule has 0 saturated carbocycles. The van der Waals surface area contributed by atoms with Gasteiger partial charge >= 0.3 is 0 Å². The number of carbonyl (C=O) groups is 1.